The van der Waals surface area contributed by atoms with Crippen molar-refractivity contribution in [3.05, 3.63) is 35.9 Å². The molecule has 0 aliphatic heterocycles. The van der Waals surface area contributed by atoms with E-state index in [9.17, 15) is 4.79 Å². The SMILES string of the molecule is CC(C)OC(=O)N(C)CCc1ccccc1. The molecule has 0 spiro atoms. The van der Waals surface area contributed by atoms with E-state index in [1.165, 1.54) is 5.56 Å². The molecular weight excluding hydrogens is 202 g/mol. The second kappa shape index (κ2) is 6.16. The van der Waals surface area contributed by atoms with Gasteiger partial charge in [0.2, 0.25) is 0 Å². The average Bonchev–Trinajstić information content (AvgIpc) is 2.26. The lowest BCUT2D eigenvalue weighted by molar-refractivity contribution is 0.0844. The van der Waals surface area contributed by atoms with Crippen LogP contribution in [0.2, 0.25) is 0 Å². The Kier molecular flexibility index (Phi) is 4.83. The number of amides is 1. The Morgan fingerprint density at radius 3 is 2.50 bits per heavy atom. The molecule has 0 N–H and O–H groups in total. The van der Waals surface area contributed by atoms with Crippen molar-refractivity contribution in [3.8, 4) is 0 Å². The van der Waals surface area contributed by atoms with Gasteiger partial charge in [0.05, 0.1) is 6.10 Å². The van der Waals surface area contributed by atoms with E-state index < -0.39 is 0 Å². The molecule has 0 fully saturated rings. The third kappa shape index (κ3) is 4.34. The van der Waals surface area contributed by atoms with Gasteiger partial charge in [-0.2, -0.15) is 0 Å². The maximum absolute atomic E-state index is 11.5. The summed E-state index contributed by atoms with van der Waals surface area (Å²) >= 11 is 0. The number of benzene rings is 1. The van der Waals surface area contributed by atoms with Crippen molar-refractivity contribution >= 4 is 6.09 Å². The summed E-state index contributed by atoms with van der Waals surface area (Å²) in [5, 5.41) is 0. The number of likely N-dealkylation sites (N-methyl/N-ethyl adjacent to an activating group) is 1. The van der Waals surface area contributed by atoms with E-state index in [2.05, 4.69) is 12.1 Å². The lowest BCUT2D eigenvalue weighted by atomic mass is 10.1. The van der Waals surface area contributed by atoms with Crippen LogP contribution in [-0.4, -0.2) is 30.7 Å². The number of hydrogen-bond donors (Lipinski definition) is 0. The molecule has 0 radical (unpaired) electrons. The van der Waals surface area contributed by atoms with Crippen molar-refractivity contribution in [2.75, 3.05) is 13.6 Å². The van der Waals surface area contributed by atoms with E-state index in [4.69, 9.17) is 4.74 Å². The second-order valence-electron chi connectivity index (χ2n) is 4.09. The maximum Gasteiger partial charge on any atom is 0.409 e. The first-order valence-corrected chi connectivity index (χ1v) is 5.55. The number of carbonyl (C=O) groups is 1. The van der Waals surface area contributed by atoms with Crippen LogP contribution in [0.3, 0.4) is 0 Å². The minimum Gasteiger partial charge on any atom is -0.447 e. The number of carbonyl (C=O) groups excluding carboxylic acids is 1. The topological polar surface area (TPSA) is 29.5 Å². The van der Waals surface area contributed by atoms with E-state index in [0.29, 0.717) is 6.54 Å². The van der Waals surface area contributed by atoms with E-state index in [1.54, 1.807) is 11.9 Å². The van der Waals surface area contributed by atoms with Crippen LogP contribution in [0, 0.1) is 0 Å². The largest absolute Gasteiger partial charge is 0.447 e. The zero-order valence-corrected chi connectivity index (χ0v) is 10.1. The first-order chi connectivity index (χ1) is 7.59. The zero-order valence-electron chi connectivity index (χ0n) is 10.1. The van der Waals surface area contributed by atoms with E-state index in [-0.39, 0.29) is 12.2 Å². The van der Waals surface area contributed by atoms with Gasteiger partial charge in [-0.05, 0) is 25.8 Å². The van der Waals surface area contributed by atoms with Gasteiger partial charge in [-0.15, -0.1) is 0 Å². The predicted molar refractivity (Wildman–Crippen MR) is 64.4 cm³/mol. The summed E-state index contributed by atoms with van der Waals surface area (Å²) in [5.74, 6) is 0. The normalized spacial score (nSPS) is 10.2. The van der Waals surface area contributed by atoms with Gasteiger partial charge < -0.3 is 9.64 Å². The van der Waals surface area contributed by atoms with Crippen LogP contribution in [0.1, 0.15) is 19.4 Å². The van der Waals surface area contributed by atoms with Gasteiger partial charge >= 0.3 is 6.09 Å². The summed E-state index contributed by atoms with van der Waals surface area (Å²) < 4.78 is 5.09. The molecule has 3 nitrogen and oxygen atoms in total. The summed E-state index contributed by atoms with van der Waals surface area (Å²) in [5.41, 5.74) is 1.23. The Bertz CT molecular complexity index is 322. The Labute approximate surface area is 97.0 Å². The number of hydrogen-bond acceptors (Lipinski definition) is 2. The molecule has 1 amide bonds. The van der Waals surface area contributed by atoms with E-state index in [0.717, 1.165) is 6.42 Å². The van der Waals surface area contributed by atoms with Gasteiger partial charge in [-0.1, -0.05) is 30.3 Å². The molecule has 0 bridgehead atoms. The number of nitrogens with zero attached hydrogens (tertiary/aromatic N) is 1. The molecule has 0 aromatic heterocycles. The third-order valence-electron chi connectivity index (χ3n) is 2.23. The van der Waals surface area contributed by atoms with Crippen molar-refractivity contribution in [3.63, 3.8) is 0 Å². The molecule has 0 heterocycles. The summed E-state index contributed by atoms with van der Waals surface area (Å²) in [6, 6.07) is 10.1. The smallest absolute Gasteiger partial charge is 0.409 e. The summed E-state index contributed by atoms with van der Waals surface area (Å²) in [6.45, 7) is 4.38. The van der Waals surface area contributed by atoms with Crippen LogP contribution < -0.4 is 0 Å². The van der Waals surface area contributed by atoms with Crippen LogP contribution in [0.25, 0.3) is 0 Å². The van der Waals surface area contributed by atoms with Gasteiger partial charge in [0.25, 0.3) is 0 Å². The van der Waals surface area contributed by atoms with Crippen molar-refractivity contribution in [1.82, 2.24) is 4.90 Å². The zero-order chi connectivity index (χ0) is 12.0. The monoisotopic (exact) mass is 221 g/mol. The molecule has 1 aromatic rings. The lowest BCUT2D eigenvalue weighted by Crippen LogP contribution is -2.31. The van der Waals surface area contributed by atoms with Gasteiger partial charge in [-0.25, -0.2) is 4.79 Å². The fourth-order valence-corrected chi connectivity index (χ4v) is 1.32. The van der Waals surface area contributed by atoms with Crippen molar-refractivity contribution < 1.29 is 9.53 Å². The minimum absolute atomic E-state index is 0.0633. The molecule has 0 aliphatic carbocycles. The Morgan fingerprint density at radius 1 is 1.31 bits per heavy atom. The van der Waals surface area contributed by atoms with Crippen molar-refractivity contribution in [2.24, 2.45) is 0 Å². The van der Waals surface area contributed by atoms with Crippen LogP contribution in [0.15, 0.2) is 30.3 Å². The third-order valence-corrected chi connectivity index (χ3v) is 2.23. The van der Waals surface area contributed by atoms with E-state index >= 15 is 0 Å². The van der Waals surface area contributed by atoms with Gasteiger partial charge in [-0.3, -0.25) is 0 Å². The highest BCUT2D eigenvalue weighted by atomic mass is 16.6. The second-order valence-corrected chi connectivity index (χ2v) is 4.09. The van der Waals surface area contributed by atoms with Crippen molar-refractivity contribution in [2.45, 2.75) is 26.4 Å². The Morgan fingerprint density at radius 2 is 1.94 bits per heavy atom. The highest BCUT2D eigenvalue weighted by Crippen LogP contribution is 2.02. The molecule has 0 saturated heterocycles. The number of ether oxygens (including phenoxy) is 1. The Hall–Kier alpha value is -1.51. The fraction of sp³-hybridized carbons (Fsp3) is 0.462. The molecule has 88 valence electrons. The first-order valence-electron chi connectivity index (χ1n) is 5.55. The van der Waals surface area contributed by atoms with Gasteiger partial charge in [0, 0.05) is 13.6 Å². The molecule has 0 saturated carbocycles. The highest BCUT2D eigenvalue weighted by molar-refractivity contribution is 5.67. The molecular formula is C13H19NO2. The Balaban J connectivity index is 2.35. The molecule has 0 unspecified atom stereocenters. The highest BCUT2D eigenvalue weighted by Gasteiger charge is 2.10. The average molecular weight is 221 g/mol. The van der Waals surface area contributed by atoms with Crippen LogP contribution in [0.5, 0.6) is 0 Å². The standard InChI is InChI=1S/C13H19NO2/c1-11(2)16-13(15)14(3)10-9-12-7-5-4-6-8-12/h4-8,11H,9-10H2,1-3H3. The lowest BCUT2D eigenvalue weighted by Gasteiger charge is -2.18. The molecule has 3 heteroatoms. The summed E-state index contributed by atoms with van der Waals surface area (Å²) in [4.78, 5) is 13.1. The quantitative estimate of drug-likeness (QED) is 0.782. The van der Waals surface area contributed by atoms with Gasteiger partial charge in [0.1, 0.15) is 0 Å². The fourth-order valence-electron chi connectivity index (χ4n) is 1.32. The summed E-state index contributed by atoms with van der Waals surface area (Å²) in [6.07, 6.45) is 0.530. The minimum atomic E-state index is -0.258. The molecule has 1 rings (SSSR count). The van der Waals surface area contributed by atoms with Crippen molar-refractivity contribution in [1.29, 1.82) is 0 Å². The maximum atomic E-state index is 11.5. The van der Waals surface area contributed by atoms with Crippen LogP contribution in [-0.2, 0) is 11.2 Å². The molecule has 1 aromatic carbocycles. The molecule has 16 heavy (non-hydrogen) atoms. The van der Waals surface area contributed by atoms with Crippen LogP contribution >= 0.6 is 0 Å². The summed E-state index contributed by atoms with van der Waals surface area (Å²) in [7, 11) is 1.76. The van der Waals surface area contributed by atoms with Gasteiger partial charge in [0.15, 0.2) is 0 Å². The van der Waals surface area contributed by atoms with E-state index in [1.807, 2.05) is 32.0 Å². The molecule has 0 atom stereocenters. The van der Waals surface area contributed by atoms with Crippen LogP contribution in [0.4, 0.5) is 4.79 Å². The number of rotatable bonds is 4. The molecule has 0 aliphatic rings. The predicted octanol–water partition coefficient (Wildman–Crippen LogP) is 2.71. The first kappa shape index (κ1) is 12.6.